The van der Waals surface area contributed by atoms with Crippen LogP contribution in [0.1, 0.15) is 30.8 Å². The summed E-state index contributed by atoms with van der Waals surface area (Å²) in [4.78, 5) is 15.6. The normalized spacial score (nSPS) is 14.6. The highest BCUT2D eigenvalue weighted by Crippen LogP contribution is 2.25. The van der Waals surface area contributed by atoms with E-state index < -0.39 is 0 Å². The molecule has 1 aliphatic heterocycles. The molecular formula is C11H15BrN2O2. The summed E-state index contributed by atoms with van der Waals surface area (Å²) >= 11 is 3.48. The average Bonchev–Trinajstić information content (AvgIpc) is 2.64. The van der Waals surface area contributed by atoms with Gasteiger partial charge in [-0.3, -0.25) is 4.79 Å². The molecule has 0 unspecified atom stereocenters. The van der Waals surface area contributed by atoms with Crippen molar-refractivity contribution in [3.05, 3.63) is 16.1 Å². The molecule has 2 heterocycles. The van der Waals surface area contributed by atoms with Gasteiger partial charge in [0.05, 0.1) is 19.2 Å². The Bertz CT molecular complexity index is 401. The second kappa shape index (κ2) is 4.99. The number of carbonyl (C=O) groups excluding carboxylic acids is 1. The van der Waals surface area contributed by atoms with Crippen LogP contribution in [0.2, 0.25) is 0 Å². The van der Waals surface area contributed by atoms with Crippen molar-refractivity contribution in [2.75, 3.05) is 7.11 Å². The van der Waals surface area contributed by atoms with Crippen LogP contribution in [0.25, 0.3) is 0 Å². The van der Waals surface area contributed by atoms with Gasteiger partial charge in [-0.1, -0.05) is 0 Å². The van der Waals surface area contributed by atoms with Crippen molar-refractivity contribution >= 4 is 21.9 Å². The maximum Gasteiger partial charge on any atom is 0.305 e. The molecule has 0 saturated carbocycles. The molecule has 0 aromatic carbocycles. The monoisotopic (exact) mass is 286 g/mol. The van der Waals surface area contributed by atoms with Gasteiger partial charge in [-0.15, -0.1) is 0 Å². The fourth-order valence-corrected chi connectivity index (χ4v) is 2.69. The van der Waals surface area contributed by atoms with E-state index >= 15 is 0 Å². The standard InChI is InChI=1S/C11H15BrN2O2/c1-16-10(15)6-5-9-13-11(12)8-4-2-3-7-14(8)9/h2-7H2,1H3. The summed E-state index contributed by atoms with van der Waals surface area (Å²) in [7, 11) is 1.42. The van der Waals surface area contributed by atoms with Gasteiger partial charge in [0.15, 0.2) is 0 Å². The highest BCUT2D eigenvalue weighted by Gasteiger charge is 2.18. The summed E-state index contributed by atoms with van der Waals surface area (Å²) in [5, 5.41) is 0. The second-order valence-corrected chi connectivity index (χ2v) is 4.70. The maximum atomic E-state index is 11.1. The van der Waals surface area contributed by atoms with Gasteiger partial charge < -0.3 is 9.30 Å². The quantitative estimate of drug-likeness (QED) is 0.800. The molecule has 16 heavy (non-hydrogen) atoms. The molecule has 0 aliphatic carbocycles. The topological polar surface area (TPSA) is 44.1 Å². The minimum absolute atomic E-state index is 0.177. The van der Waals surface area contributed by atoms with Crippen LogP contribution in [0.4, 0.5) is 0 Å². The lowest BCUT2D eigenvalue weighted by Gasteiger charge is -2.16. The molecule has 0 radical (unpaired) electrons. The molecule has 4 nitrogen and oxygen atoms in total. The zero-order chi connectivity index (χ0) is 11.5. The lowest BCUT2D eigenvalue weighted by molar-refractivity contribution is -0.140. The Kier molecular flexibility index (Phi) is 3.63. The van der Waals surface area contributed by atoms with E-state index in [1.54, 1.807) is 0 Å². The molecule has 0 N–H and O–H groups in total. The van der Waals surface area contributed by atoms with Crippen molar-refractivity contribution in [1.82, 2.24) is 9.55 Å². The van der Waals surface area contributed by atoms with Gasteiger partial charge in [0.25, 0.3) is 0 Å². The van der Waals surface area contributed by atoms with E-state index in [4.69, 9.17) is 0 Å². The molecule has 0 amide bonds. The number of aryl methyl sites for hydroxylation is 1. The van der Waals surface area contributed by atoms with Crippen LogP contribution >= 0.6 is 15.9 Å². The predicted molar refractivity (Wildman–Crippen MR) is 63.2 cm³/mol. The number of ether oxygens (including phenoxy) is 1. The molecule has 5 heteroatoms. The lowest BCUT2D eigenvalue weighted by atomic mass is 10.1. The zero-order valence-electron chi connectivity index (χ0n) is 9.33. The highest BCUT2D eigenvalue weighted by atomic mass is 79.9. The van der Waals surface area contributed by atoms with Crippen molar-refractivity contribution in [1.29, 1.82) is 0 Å². The molecule has 1 aliphatic rings. The van der Waals surface area contributed by atoms with Crippen LogP contribution in [0.15, 0.2) is 4.60 Å². The molecule has 0 saturated heterocycles. The number of carbonyl (C=O) groups is 1. The van der Waals surface area contributed by atoms with E-state index in [1.807, 2.05) is 0 Å². The lowest BCUT2D eigenvalue weighted by Crippen LogP contribution is -2.14. The van der Waals surface area contributed by atoms with E-state index in [9.17, 15) is 4.79 Å². The van der Waals surface area contributed by atoms with Gasteiger partial charge in [0, 0.05) is 13.0 Å². The average molecular weight is 287 g/mol. The maximum absolute atomic E-state index is 11.1. The number of esters is 1. The van der Waals surface area contributed by atoms with Crippen LogP contribution in [-0.4, -0.2) is 22.6 Å². The Morgan fingerprint density at radius 3 is 3.12 bits per heavy atom. The largest absolute Gasteiger partial charge is 0.469 e. The Morgan fingerprint density at radius 1 is 1.56 bits per heavy atom. The first-order valence-electron chi connectivity index (χ1n) is 5.53. The van der Waals surface area contributed by atoms with Crippen molar-refractivity contribution in [3.63, 3.8) is 0 Å². The van der Waals surface area contributed by atoms with Crippen LogP contribution in [0.3, 0.4) is 0 Å². The fraction of sp³-hybridized carbons (Fsp3) is 0.636. The molecular weight excluding hydrogens is 272 g/mol. The summed E-state index contributed by atoms with van der Waals surface area (Å²) in [6.07, 6.45) is 4.55. The first kappa shape index (κ1) is 11.6. The van der Waals surface area contributed by atoms with Crippen molar-refractivity contribution in [3.8, 4) is 0 Å². The molecule has 1 aromatic heterocycles. The molecule has 88 valence electrons. The minimum Gasteiger partial charge on any atom is -0.469 e. The number of aromatic nitrogens is 2. The number of methoxy groups -OCH3 is 1. The van der Waals surface area contributed by atoms with E-state index in [2.05, 4.69) is 30.2 Å². The number of hydrogen-bond acceptors (Lipinski definition) is 3. The molecule has 0 atom stereocenters. The smallest absolute Gasteiger partial charge is 0.305 e. The Balaban J connectivity index is 2.12. The van der Waals surface area contributed by atoms with Gasteiger partial charge >= 0.3 is 5.97 Å². The second-order valence-electron chi connectivity index (χ2n) is 3.95. The van der Waals surface area contributed by atoms with Crippen molar-refractivity contribution < 1.29 is 9.53 Å². The summed E-state index contributed by atoms with van der Waals surface area (Å²) in [5.41, 5.74) is 1.27. The molecule has 1 aromatic rings. The summed E-state index contributed by atoms with van der Waals surface area (Å²) < 4.78 is 7.80. The molecule has 2 rings (SSSR count). The number of hydrogen-bond donors (Lipinski definition) is 0. The number of rotatable bonds is 3. The van der Waals surface area contributed by atoms with Crippen molar-refractivity contribution in [2.24, 2.45) is 0 Å². The van der Waals surface area contributed by atoms with Gasteiger partial charge in [-0.05, 0) is 35.2 Å². The number of imidazole rings is 1. The molecule has 0 bridgehead atoms. The Morgan fingerprint density at radius 2 is 2.38 bits per heavy atom. The zero-order valence-corrected chi connectivity index (χ0v) is 10.9. The van der Waals surface area contributed by atoms with Gasteiger partial charge in [-0.25, -0.2) is 4.98 Å². The first-order valence-corrected chi connectivity index (χ1v) is 6.32. The Hall–Kier alpha value is -0.840. The van der Waals surface area contributed by atoms with E-state index in [0.29, 0.717) is 12.8 Å². The van der Waals surface area contributed by atoms with Crippen LogP contribution in [0, 0.1) is 0 Å². The molecule has 0 fully saturated rings. The minimum atomic E-state index is -0.177. The van der Waals surface area contributed by atoms with E-state index in [1.165, 1.54) is 25.6 Å². The van der Waals surface area contributed by atoms with E-state index in [-0.39, 0.29) is 5.97 Å². The number of nitrogens with zero attached hydrogens (tertiary/aromatic N) is 2. The third-order valence-electron chi connectivity index (χ3n) is 2.93. The van der Waals surface area contributed by atoms with Gasteiger partial charge in [0.1, 0.15) is 10.4 Å². The van der Waals surface area contributed by atoms with Crippen molar-refractivity contribution in [2.45, 2.75) is 38.6 Å². The number of fused-ring (bicyclic) bond motifs is 1. The van der Waals surface area contributed by atoms with Crippen LogP contribution in [-0.2, 0) is 28.9 Å². The first-order chi connectivity index (χ1) is 7.72. The van der Waals surface area contributed by atoms with Crippen LogP contribution in [0.5, 0.6) is 0 Å². The summed E-state index contributed by atoms with van der Waals surface area (Å²) in [5.74, 6) is 0.816. The van der Waals surface area contributed by atoms with E-state index in [0.717, 1.165) is 23.4 Å². The third kappa shape index (κ3) is 2.29. The van der Waals surface area contributed by atoms with Gasteiger partial charge in [0.2, 0.25) is 0 Å². The molecule has 0 spiro atoms. The third-order valence-corrected chi connectivity index (χ3v) is 3.56. The van der Waals surface area contributed by atoms with Crippen LogP contribution < -0.4 is 0 Å². The SMILES string of the molecule is COC(=O)CCc1nc(Br)c2n1CCCC2. The fourth-order valence-electron chi connectivity index (χ4n) is 2.08. The van der Waals surface area contributed by atoms with Gasteiger partial charge in [-0.2, -0.15) is 0 Å². The summed E-state index contributed by atoms with van der Waals surface area (Å²) in [6, 6.07) is 0. The number of halogens is 1. The predicted octanol–water partition coefficient (Wildman–Crippen LogP) is 2.09. The highest BCUT2D eigenvalue weighted by molar-refractivity contribution is 9.10. The summed E-state index contributed by atoms with van der Waals surface area (Å²) in [6.45, 7) is 1.02. The Labute approximate surface area is 103 Å².